The van der Waals surface area contributed by atoms with Gasteiger partial charge in [0.05, 0.1) is 7.11 Å². The van der Waals surface area contributed by atoms with Gasteiger partial charge in [-0.3, -0.25) is 0 Å². The van der Waals surface area contributed by atoms with Crippen molar-refractivity contribution in [2.24, 2.45) is 0 Å². The maximum absolute atomic E-state index is 9.15. The van der Waals surface area contributed by atoms with E-state index in [1.165, 1.54) is 0 Å². The van der Waals surface area contributed by atoms with Gasteiger partial charge in [0, 0.05) is 6.07 Å². The predicted octanol–water partition coefficient (Wildman–Crippen LogP) is 2.98. The van der Waals surface area contributed by atoms with Gasteiger partial charge in [0.25, 0.3) is 0 Å². The van der Waals surface area contributed by atoms with Crippen molar-refractivity contribution in [2.45, 2.75) is 6.61 Å². The summed E-state index contributed by atoms with van der Waals surface area (Å²) in [6.07, 6.45) is 0. The minimum absolute atomic E-state index is 0.259. The molecule has 2 aromatic carbocycles. The van der Waals surface area contributed by atoms with Crippen LogP contribution in [-0.2, 0) is 6.61 Å². The van der Waals surface area contributed by atoms with Gasteiger partial charge in [-0.15, -0.1) is 0 Å². The van der Waals surface area contributed by atoms with Crippen LogP contribution in [-0.4, -0.2) is 12.2 Å². The molecule has 0 aromatic heterocycles. The van der Waals surface area contributed by atoms with E-state index in [0.717, 1.165) is 17.1 Å². The number of phenols is 1. The Labute approximate surface area is 100 Å². The number of hydrogen-bond donors (Lipinski definition) is 1. The fraction of sp³-hybridized carbons (Fsp3) is 0.143. The van der Waals surface area contributed by atoms with E-state index >= 15 is 0 Å². The van der Waals surface area contributed by atoms with Crippen molar-refractivity contribution in [3.8, 4) is 17.2 Å². The topological polar surface area (TPSA) is 38.7 Å². The van der Waals surface area contributed by atoms with Crippen LogP contribution in [0.15, 0.2) is 48.5 Å². The van der Waals surface area contributed by atoms with Gasteiger partial charge in [0.15, 0.2) is 0 Å². The second kappa shape index (κ2) is 5.25. The Morgan fingerprint density at radius 2 is 1.71 bits per heavy atom. The number of aromatic hydroxyl groups is 1. The summed E-state index contributed by atoms with van der Waals surface area (Å²) in [6, 6.07) is 14.4. The van der Waals surface area contributed by atoms with E-state index in [-0.39, 0.29) is 5.75 Å². The summed E-state index contributed by atoms with van der Waals surface area (Å²) >= 11 is 0. The number of hydrogen-bond acceptors (Lipinski definition) is 3. The first-order chi connectivity index (χ1) is 8.28. The zero-order valence-corrected chi connectivity index (χ0v) is 9.59. The Kier molecular flexibility index (Phi) is 3.50. The standard InChI is InChI=1S/C14H14O3/c1-16-13-3-2-4-14(9-13)17-10-11-5-7-12(15)8-6-11/h2-9,15H,10H2,1H3. The molecule has 0 amide bonds. The van der Waals surface area contributed by atoms with Gasteiger partial charge in [-0.05, 0) is 29.8 Å². The average Bonchev–Trinajstić information content (AvgIpc) is 2.38. The molecule has 0 bridgehead atoms. The third kappa shape index (κ3) is 3.14. The summed E-state index contributed by atoms with van der Waals surface area (Å²) in [5.74, 6) is 1.79. The first kappa shape index (κ1) is 11.3. The molecule has 0 saturated heterocycles. The molecule has 0 spiro atoms. The molecule has 0 heterocycles. The van der Waals surface area contributed by atoms with Gasteiger partial charge < -0.3 is 14.6 Å². The molecular weight excluding hydrogens is 216 g/mol. The van der Waals surface area contributed by atoms with Crippen LogP contribution in [0.3, 0.4) is 0 Å². The van der Waals surface area contributed by atoms with Crippen LogP contribution in [0.4, 0.5) is 0 Å². The van der Waals surface area contributed by atoms with Crippen LogP contribution in [0.1, 0.15) is 5.56 Å². The highest BCUT2D eigenvalue weighted by Gasteiger charge is 1.98. The number of benzene rings is 2. The van der Waals surface area contributed by atoms with Crippen molar-refractivity contribution in [1.82, 2.24) is 0 Å². The summed E-state index contributed by atoms with van der Waals surface area (Å²) in [5.41, 5.74) is 1.01. The Morgan fingerprint density at radius 3 is 2.41 bits per heavy atom. The predicted molar refractivity (Wildman–Crippen MR) is 65.4 cm³/mol. The molecule has 0 saturated carbocycles. The Bertz CT molecular complexity index is 477. The van der Waals surface area contributed by atoms with E-state index in [1.807, 2.05) is 36.4 Å². The Balaban J connectivity index is 1.99. The fourth-order valence-corrected chi connectivity index (χ4v) is 1.45. The van der Waals surface area contributed by atoms with Crippen molar-refractivity contribution in [3.63, 3.8) is 0 Å². The van der Waals surface area contributed by atoms with Gasteiger partial charge >= 0.3 is 0 Å². The summed E-state index contributed by atoms with van der Waals surface area (Å²) in [5, 5.41) is 9.15. The monoisotopic (exact) mass is 230 g/mol. The van der Waals surface area contributed by atoms with E-state index in [1.54, 1.807) is 19.2 Å². The average molecular weight is 230 g/mol. The summed E-state index contributed by atoms with van der Waals surface area (Å²) in [7, 11) is 1.62. The normalized spacial score (nSPS) is 9.94. The van der Waals surface area contributed by atoms with E-state index in [4.69, 9.17) is 14.6 Å². The minimum atomic E-state index is 0.259. The number of methoxy groups -OCH3 is 1. The molecule has 1 N–H and O–H groups in total. The summed E-state index contributed by atoms with van der Waals surface area (Å²) in [6.45, 7) is 0.466. The molecule has 3 nitrogen and oxygen atoms in total. The van der Waals surface area contributed by atoms with Crippen LogP contribution in [0.2, 0.25) is 0 Å². The molecule has 0 unspecified atom stereocenters. The molecule has 0 aliphatic heterocycles. The molecule has 0 radical (unpaired) electrons. The molecule has 0 atom stereocenters. The second-order valence-electron chi connectivity index (χ2n) is 3.63. The lowest BCUT2D eigenvalue weighted by Gasteiger charge is -2.07. The summed E-state index contributed by atoms with van der Waals surface area (Å²) < 4.78 is 10.7. The highest BCUT2D eigenvalue weighted by atomic mass is 16.5. The lowest BCUT2D eigenvalue weighted by atomic mass is 10.2. The van der Waals surface area contributed by atoms with Crippen LogP contribution in [0.5, 0.6) is 17.2 Å². The van der Waals surface area contributed by atoms with Crippen molar-refractivity contribution >= 4 is 0 Å². The molecular formula is C14H14O3. The molecule has 88 valence electrons. The minimum Gasteiger partial charge on any atom is -0.508 e. The van der Waals surface area contributed by atoms with Crippen molar-refractivity contribution < 1.29 is 14.6 Å². The van der Waals surface area contributed by atoms with E-state index in [2.05, 4.69) is 0 Å². The number of rotatable bonds is 4. The van der Waals surface area contributed by atoms with Crippen molar-refractivity contribution in [3.05, 3.63) is 54.1 Å². The fourth-order valence-electron chi connectivity index (χ4n) is 1.45. The highest BCUT2D eigenvalue weighted by Crippen LogP contribution is 2.20. The molecule has 0 fully saturated rings. The quantitative estimate of drug-likeness (QED) is 0.877. The first-order valence-electron chi connectivity index (χ1n) is 5.33. The van der Waals surface area contributed by atoms with E-state index in [9.17, 15) is 0 Å². The van der Waals surface area contributed by atoms with Gasteiger partial charge in [0.2, 0.25) is 0 Å². The molecule has 2 aromatic rings. The van der Waals surface area contributed by atoms with Crippen molar-refractivity contribution in [2.75, 3.05) is 7.11 Å². The largest absolute Gasteiger partial charge is 0.508 e. The first-order valence-corrected chi connectivity index (χ1v) is 5.33. The van der Waals surface area contributed by atoms with Crippen molar-refractivity contribution in [1.29, 1.82) is 0 Å². The number of ether oxygens (including phenoxy) is 2. The van der Waals surface area contributed by atoms with E-state index in [0.29, 0.717) is 6.61 Å². The SMILES string of the molecule is COc1cccc(OCc2ccc(O)cc2)c1. The molecule has 17 heavy (non-hydrogen) atoms. The highest BCUT2D eigenvalue weighted by molar-refractivity contribution is 5.33. The smallest absolute Gasteiger partial charge is 0.123 e. The zero-order chi connectivity index (χ0) is 12.1. The summed E-state index contributed by atoms with van der Waals surface area (Å²) in [4.78, 5) is 0. The maximum Gasteiger partial charge on any atom is 0.123 e. The van der Waals surface area contributed by atoms with Gasteiger partial charge in [0.1, 0.15) is 23.9 Å². The lowest BCUT2D eigenvalue weighted by molar-refractivity contribution is 0.303. The number of phenolic OH excluding ortho intramolecular Hbond substituents is 1. The Hall–Kier alpha value is -2.16. The third-order valence-electron chi connectivity index (χ3n) is 2.38. The third-order valence-corrected chi connectivity index (χ3v) is 2.38. The van der Waals surface area contributed by atoms with Gasteiger partial charge in [-0.25, -0.2) is 0 Å². The van der Waals surface area contributed by atoms with Crippen LogP contribution >= 0.6 is 0 Å². The van der Waals surface area contributed by atoms with E-state index < -0.39 is 0 Å². The molecule has 3 heteroatoms. The molecule has 0 aliphatic carbocycles. The van der Waals surface area contributed by atoms with Crippen LogP contribution in [0.25, 0.3) is 0 Å². The second-order valence-corrected chi connectivity index (χ2v) is 3.63. The van der Waals surface area contributed by atoms with Crippen LogP contribution in [0, 0.1) is 0 Å². The lowest BCUT2D eigenvalue weighted by Crippen LogP contribution is -1.95. The van der Waals surface area contributed by atoms with Gasteiger partial charge in [-0.2, -0.15) is 0 Å². The molecule has 2 rings (SSSR count). The van der Waals surface area contributed by atoms with Crippen LogP contribution < -0.4 is 9.47 Å². The zero-order valence-electron chi connectivity index (χ0n) is 9.59. The maximum atomic E-state index is 9.15. The van der Waals surface area contributed by atoms with Gasteiger partial charge in [-0.1, -0.05) is 18.2 Å². The molecule has 0 aliphatic rings. The Morgan fingerprint density at radius 1 is 1.00 bits per heavy atom.